The number of hydrogen-bond acceptors (Lipinski definition) is 4. The molecule has 112 valence electrons. The molecule has 4 heteroatoms. The molecule has 0 amide bonds. The maximum atomic E-state index is 5.36. The van der Waals surface area contributed by atoms with E-state index < -0.39 is 0 Å². The molecule has 0 fully saturated rings. The molecule has 1 heterocycles. The molecule has 0 saturated heterocycles. The molecule has 3 aromatic rings. The van der Waals surface area contributed by atoms with Gasteiger partial charge < -0.3 is 10.1 Å². The van der Waals surface area contributed by atoms with E-state index in [4.69, 9.17) is 9.72 Å². The van der Waals surface area contributed by atoms with E-state index in [1.54, 1.807) is 18.4 Å². The van der Waals surface area contributed by atoms with Crippen LogP contribution in [0.2, 0.25) is 0 Å². The third-order valence-electron chi connectivity index (χ3n) is 3.52. The maximum Gasteiger partial charge on any atom is 0.187 e. The average molecular weight is 310 g/mol. The van der Waals surface area contributed by atoms with Crippen molar-refractivity contribution in [3.8, 4) is 17.0 Å². The Morgan fingerprint density at radius 2 is 1.91 bits per heavy atom. The van der Waals surface area contributed by atoms with E-state index in [1.165, 1.54) is 16.7 Å². The second-order valence-corrected chi connectivity index (χ2v) is 6.04. The molecule has 0 aliphatic heterocycles. The van der Waals surface area contributed by atoms with Gasteiger partial charge in [0.1, 0.15) is 5.75 Å². The van der Waals surface area contributed by atoms with E-state index in [9.17, 15) is 0 Å². The fraction of sp³-hybridized carbons (Fsp3) is 0.167. The Morgan fingerprint density at radius 3 is 2.73 bits per heavy atom. The van der Waals surface area contributed by atoms with Crippen molar-refractivity contribution < 1.29 is 4.74 Å². The molecule has 3 rings (SSSR count). The Balaban J connectivity index is 1.89. The number of anilines is 2. The zero-order valence-corrected chi connectivity index (χ0v) is 13.7. The molecule has 0 saturated carbocycles. The fourth-order valence-electron chi connectivity index (χ4n) is 2.33. The molecule has 0 spiro atoms. The van der Waals surface area contributed by atoms with Crippen LogP contribution in [0.15, 0.2) is 47.8 Å². The number of ether oxygens (including phenoxy) is 1. The average Bonchev–Trinajstić information content (AvgIpc) is 2.98. The van der Waals surface area contributed by atoms with Gasteiger partial charge in [0.25, 0.3) is 0 Å². The van der Waals surface area contributed by atoms with Gasteiger partial charge in [-0.25, -0.2) is 4.98 Å². The molecular weight excluding hydrogens is 292 g/mol. The first kappa shape index (κ1) is 14.6. The summed E-state index contributed by atoms with van der Waals surface area (Å²) in [5, 5.41) is 6.27. The van der Waals surface area contributed by atoms with Gasteiger partial charge in [0.15, 0.2) is 5.13 Å². The molecule has 1 aromatic heterocycles. The monoisotopic (exact) mass is 310 g/mol. The Bertz CT molecular complexity index is 795. The molecule has 3 nitrogen and oxygen atoms in total. The van der Waals surface area contributed by atoms with Crippen LogP contribution in [0.4, 0.5) is 10.8 Å². The summed E-state index contributed by atoms with van der Waals surface area (Å²) in [7, 11) is 1.67. The minimum Gasteiger partial charge on any atom is -0.495 e. The molecule has 0 aliphatic rings. The fourth-order valence-corrected chi connectivity index (χ4v) is 3.05. The van der Waals surface area contributed by atoms with Crippen molar-refractivity contribution in [3.05, 3.63) is 59.0 Å². The van der Waals surface area contributed by atoms with Crippen LogP contribution in [-0.4, -0.2) is 12.1 Å². The lowest BCUT2D eigenvalue weighted by Crippen LogP contribution is -1.94. The molecule has 0 bridgehead atoms. The van der Waals surface area contributed by atoms with Crippen LogP contribution >= 0.6 is 11.3 Å². The summed E-state index contributed by atoms with van der Waals surface area (Å²) in [6.07, 6.45) is 0. The summed E-state index contributed by atoms with van der Waals surface area (Å²) < 4.78 is 5.36. The number of thiazole rings is 1. The minimum absolute atomic E-state index is 0.811. The lowest BCUT2D eigenvalue weighted by Gasteiger charge is -2.08. The van der Waals surface area contributed by atoms with E-state index in [2.05, 4.69) is 42.7 Å². The summed E-state index contributed by atoms with van der Waals surface area (Å²) in [6, 6.07) is 14.3. The first-order valence-electron chi connectivity index (χ1n) is 7.10. The lowest BCUT2D eigenvalue weighted by molar-refractivity contribution is 0.417. The standard InChI is InChI=1S/C18H18N2OS/c1-12-8-9-13(2)14(10-12)16-11-22-18(20-16)19-15-6-4-5-7-17(15)21-3/h4-11H,1-3H3,(H,19,20). The van der Waals surface area contributed by atoms with Crippen LogP contribution in [0, 0.1) is 13.8 Å². The lowest BCUT2D eigenvalue weighted by atomic mass is 10.0. The van der Waals surface area contributed by atoms with Gasteiger partial charge in [-0.2, -0.15) is 0 Å². The molecular formula is C18H18N2OS. The Morgan fingerprint density at radius 1 is 1.09 bits per heavy atom. The smallest absolute Gasteiger partial charge is 0.187 e. The molecule has 0 atom stereocenters. The Labute approximate surface area is 134 Å². The number of nitrogens with one attached hydrogen (secondary N) is 1. The van der Waals surface area contributed by atoms with Gasteiger partial charge in [-0.1, -0.05) is 29.8 Å². The largest absolute Gasteiger partial charge is 0.495 e. The van der Waals surface area contributed by atoms with Crippen molar-refractivity contribution in [2.24, 2.45) is 0 Å². The molecule has 0 radical (unpaired) electrons. The predicted molar refractivity (Wildman–Crippen MR) is 93.3 cm³/mol. The second kappa shape index (κ2) is 6.20. The third-order valence-corrected chi connectivity index (χ3v) is 4.28. The number of para-hydroxylation sites is 2. The third kappa shape index (κ3) is 2.97. The first-order valence-corrected chi connectivity index (χ1v) is 7.98. The van der Waals surface area contributed by atoms with Crippen molar-refractivity contribution in [1.29, 1.82) is 0 Å². The number of methoxy groups -OCH3 is 1. The number of nitrogens with zero attached hydrogens (tertiary/aromatic N) is 1. The molecule has 2 aromatic carbocycles. The summed E-state index contributed by atoms with van der Waals surface area (Å²) in [5.41, 5.74) is 5.59. The van der Waals surface area contributed by atoms with Crippen LogP contribution in [0.5, 0.6) is 5.75 Å². The summed E-state index contributed by atoms with van der Waals surface area (Å²) >= 11 is 1.60. The van der Waals surface area contributed by atoms with E-state index >= 15 is 0 Å². The topological polar surface area (TPSA) is 34.1 Å². The van der Waals surface area contributed by atoms with Gasteiger partial charge in [-0.15, -0.1) is 11.3 Å². The normalized spacial score (nSPS) is 10.5. The van der Waals surface area contributed by atoms with Crippen molar-refractivity contribution in [2.45, 2.75) is 13.8 Å². The Kier molecular flexibility index (Phi) is 4.11. The van der Waals surface area contributed by atoms with Gasteiger partial charge >= 0.3 is 0 Å². The quantitative estimate of drug-likeness (QED) is 0.721. The number of aromatic nitrogens is 1. The number of rotatable bonds is 4. The zero-order chi connectivity index (χ0) is 15.5. The van der Waals surface area contributed by atoms with Crippen molar-refractivity contribution in [2.75, 3.05) is 12.4 Å². The number of benzene rings is 2. The zero-order valence-electron chi connectivity index (χ0n) is 12.9. The summed E-state index contributed by atoms with van der Waals surface area (Å²) in [6.45, 7) is 4.21. The van der Waals surface area contributed by atoms with Crippen LogP contribution in [0.3, 0.4) is 0 Å². The highest BCUT2D eigenvalue weighted by atomic mass is 32.1. The van der Waals surface area contributed by atoms with E-state index in [1.807, 2.05) is 24.3 Å². The predicted octanol–water partition coefficient (Wildman–Crippen LogP) is 5.18. The highest BCUT2D eigenvalue weighted by Gasteiger charge is 2.09. The van der Waals surface area contributed by atoms with Crippen LogP contribution < -0.4 is 10.1 Å². The van der Waals surface area contributed by atoms with Crippen LogP contribution in [0.1, 0.15) is 11.1 Å². The van der Waals surface area contributed by atoms with Crippen LogP contribution in [-0.2, 0) is 0 Å². The highest BCUT2D eigenvalue weighted by Crippen LogP contribution is 2.32. The maximum absolute atomic E-state index is 5.36. The van der Waals surface area contributed by atoms with Crippen LogP contribution in [0.25, 0.3) is 11.3 Å². The van der Waals surface area contributed by atoms with E-state index in [0.29, 0.717) is 0 Å². The minimum atomic E-state index is 0.811. The van der Waals surface area contributed by atoms with Gasteiger partial charge in [-0.3, -0.25) is 0 Å². The van der Waals surface area contributed by atoms with E-state index in [0.717, 1.165) is 22.3 Å². The van der Waals surface area contributed by atoms with Gasteiger partial charge in [-0.05, 0) is 37.6 Å². The van der Waals surface area contributed by atoms with E-state index in [-0.39, 0.29) is 0 Å². The molecule has 1 N–H and O–H groups in total. The van der Waals surface area contributed by atoms with Crippen molar-refractivity contribution >= 4 is 22.2 Å². The van der Waals surface area contributed by atoms with Crippen molar-refractivity contribution in [1.82, 2.24) is 4.98 Å². The van der Waals surface area contributed by atoms with Gasteiger partial charge in [0.05, 0.1) is 18.5 Å². The summed E-state index contributed by atoms with van der Waals surface area (Å²) in [4.78, 5) is 4.70. The highest BCUT2D eigenvalue weighted by molar-refractivity contribution is 7.14. The molecule has 0 aliphatic carbocycles. The van der Waals surface area contributed by atoms with Gasteiger partial charge in [0.2, 0.25) is 0 Å². The molecule has 0 unspecified atom stereocenters. The first-order chi connectivity index (χ1) is 10.7. The number of aryl methyl sites for hydroxylation is 2. The summed E-state index contributed by atoms with van der Waals surface area (Å²) in [5.74, 6) is 0.811. The molecule has 22 heavy (non-hydrogen) atoms. The number of hydrogen-bond donors (Lipinski definition) is 1. The Hall–Kier alpha value is -2.33. The van der Waals surface area contributed by atoms with Gasteiger partial charge in [0, 0.05) is 10.9 Å². The van der Waals surface area contributed by atoms with Crippen molar-refractivity contribution in [3.63, 3.8) is 0 Å². The second-order valence-electron chi connectivity index (χ2n) is 5.18. The SMILES string of the molecule is COc1ccccc1Nc1nc(-c2cc(C)ccc2C)cs1.